The van der Waals surface area contributed by atoms with Crippen LogP contribution in [0.3, 0.4) is 0 Å². The van der Waals surface area contributed by atoms with Gasteiger partial charge in [-0.2, -0.15) is 0 Å². The number of benzene rings is 1. The summed E-state index contributed by atoms with van der Waals surface area (Å²) in [4.78, 5) is 15.6. The Labute approximate surface area is 123 Å². The van der Waals surface area contributed by atoms with Crippen LogP contribution in [0.15, 0.2) is 34.7 Å². The number of oxazole rings is 1. The summed E-state index contributed by atoms with van der Waals surface area (Å²) in [6.07, 6.45) is 3.10. The van der Waals surface area contributed by atoms with Gasteiger partial charge in [0.1, 0.15) is 0 Å². The van der Waals surface area contributed by atoms with Crippen molar-refractivity contribution in [3.05, 3.63) is 41.9 Å². The molecule has 1 N–H and O–H groups in total. The lowest BCUT2D eigenvalue weighted by Crippen LogP contribution is -2.20. The third-order valence-corrected chi connectivity index (χ3v) is 4.27. The summed E-state index contributed by atoms with van der Waals surface area (Å²) in [7, 11) is 0. The second kappa shape index (κ2) is 5.72. The minimum absolute atomic E-state index is 0.203. The van der Waals surface area contributed by atoms with Crippen molar-refractivity contribution in [2.75, 3.05) is 0 Å². The lowest BCUT2D eigenvalue weighted by Gasteiger charge is -2.23. The Balaban J connectivity index is 1.78. The number of carbonyl (C=O) groups is 1. The van der Waals surface area contributed by atoms with Crippen molar-refractivity contribution >= 4 is 5.97 Å². The summed E-state index contributed by atoms with van der Waals surface area (Å²) in [5.74, 6) is 0.950. The number of hydrogen-bond acceptors (Lipinski definition) is 3. The normalized spacial score (nSPS) is 22.1. The highest BCUT2D eigenvalue weighted by atomic mass is 16.4. The topological polar surface area (TPSA) is 63.3 Å². The van der Waals surface area contributed by atoms with Crippen LogP contribution in [0, 0.1) is 12.8 Å². The number of hydrogen-bond donors (Lipinski definition) is 1. The molecule has 3 rings (SSSR count). The van der Waals surface area contributed by atoms with Gasteiger partial charge in [0, 0.05) is 11.5 Å². The van der Waals surface area contributed by atoms with E-state index in [-0.39, 0.29) is 11.8 Å². The second-order valence-corrected chi connectivity index (χ2v) is 5.72. The van der Waals surface area contributed by atoms with Crippen LogP contribution in [-0.4, -0.2) is 16.1 Å². The van der Waals surface area contributed by atoms with Crippen molar-refractivity contribution in [1.82, 2.24) is 4.98 Å². The molecule has 1 heterocycles. The highest BCUT2D eigenvalue weighted by Crippen LogP contribution is 2.37. The Kier molecular flexibility index (Phi) is 3.78. The van der Waals surface area contributed by atoms with Gasteiger partial charge >= 0.3 is 5.97 Å². The van der Waals surface area contributed by atoms with Gasteiger partial charge in [0.05, 0.1) is 11.6 Å². The van der Waals surface area contributed by atoms with Crippen molar-refractivity contribution in [3.63, 3.8) is 0 Å². The number of aliphatic carboxylic acids is 1. The second-order valence-electron chi connectivity index (χ2n) is 5.72. The number of nitrogens with zero attached hydrogens (tertiary/aromatic N) is 1. The largest absolute Gasteiger partial charge is 0.481 e. The zero-order valence-electron chi connectivity index (χ0n) is 12.1. The number of aryl methyl sites for hydroxylation is 1. The lowest BCUT2D eigenvalue weighted by molar-refractivity contribution is -0.142. The Morgan fingerprint density at radius 1 is 1.19 bits per heavy atom. The van der Waals surface area contributed by atoms with Gasteiger partial charge < -0.3 is 9.52 Å². The molecule has 1 saturated carbocycles. The molecule has 1 aliphatic rings. The molecule has 2 aromatic rings. The lowest BCUT2D eigenvalue weighted by atomic mass is 9.82. The third-order valence-electron chi connectivity index (χ3n) is 4.27. The molecule has 0 spiro atoms. The van der Waals surface area contributed by atoms with E-state index in [9.17, 15) is 4.79 Å². The number of aromatic nitrogens is 1. The standard InChI is InChI=1S/C17H19NO3/c1-11-15(12-5-3-2-4-6-12)21-16(18-11)13-7-9-14(10-8-13)17(19)20/h2-6,13-14H,7-10H2,1H3,(H,19,20). The first-order chi connectivity index (χ1) is 10.1. The monoisotopic (exact) mass is 285 g/mol. The van der Waals surface area contributed by atoms with Gasteiger partial charge in [-0.25, -0.2) is 4.98 Å². The average Bonchev–Trinajstić information content (AvgIpc) is 2.90. The minimum Gasteiger partial charge on any atom is -0.481 e. The highest BCUT2D eigenvalue weighted by molar-refractivity contribution is 5.70. The van der Waals surface area contributed by atoms with E-state index < -0.39 is 5.97 Å². The number of carboxylic acids is 1. The van der Waals surface area contributed by atoms with E-state index in [1.54, 1.807) is 0 Å². The van der Waals surface area contributed by atoms with Crippen molar-refractivity contribution in [3.8, 4) is 11.3 Å². The van der Waals surface area contributed by atoms with E-state index in [2.05, 4.69) is 4.98 Å². The summed E-state index contributed by atoms with van der Waals surface area (Å²) < 4.78 is 5.98. The fourth-order valence-corrected chi connectivity index (χ4v) is 3.04. The quantitative estimate of drug-likeness (QED) is 0.925. The summed E-state index contributed by atoms with van der Waals surface area (Å²) in [5, 5.41) is 9.05. The molecule has 4 nitrogen and oxygen atoms in total. The van der Waals surface area contributed by atoms with Crippen LogP contribution in [0.1, 0.15) is 43.2 Å². The highest BCUT2D eigenvalue weighted by Gasteiger charge is 2.29. The molecule has 4 heteroatoms. The molecule has 0 atom stereocenters. The molecule has 1 aliphatic carbocycles. The minimum atomic E-state index is -0.679. The predicted octanol–water partition coefficient (Wildman–Crippen LogP) is 4.01. The zero-order chi connectivity index (χ0) is 14.8. The first-order valence-electron chi connectivity index (χ1n) is 7.40. The Bertz CT molecular complexity index is 625. The van der Waals surface area contributed by atoms with Crippen molar-refractivity contribution in [2.45, 2.75) is 38.5 Å². The fraction of sp³-hybridized carbons (Fsp3) is 0.412. The Morgan fingerprint density at radius 3 is 2.48 bits per heavy atom. The molecule has 1 aromatic carbocycles. The van der Waals surface area contributed by atoms with Crippen molar-refractivity contribution < 1.29 is 14.3 Å². The number of rotatable bonds is 3. The van der Waals surface area contributed by atoms with Crippen molar-refractivity contribution in [2.24, 2.45) is 5.92 Å². The molecule has 1 fully saturated rings. The Hall–Kier alpha value is -2.10. The van der Waals surface area contributed by atoms with E-state index in [0.717, 1.165) is 35.7 Å². The average molecular weight is 285 g/mol. The van der Waals surface area contributed by atoms with Gasteiger partial charge in [0.15, 0.2) is 11.7 Å². The molecule has 0 aliphatic heterocycles. The number of carboxylic acid groups (broad SMARTS) is 1. The molecule has 0 unspecified atom stereocenters. The van der Waals surface area contributed by atoms with Crippen LogP contribution >= 0.6 is 0 Å². The molecular formula is C17H19NO3. The molecule has 0 saturated heterocycles. The molecule has 21 heavy (non-hydrogen) atoms. The third kappa shape index (κ3) is 2.84. The van der Waals surface area contributed by atoms with Gasteiger partial charge in [-0.15, -0.1) is 0 Å². The van der Waals surface area contributed by atoms with Gasteiger partial charge in [-0.3, -0.25) is 4.79 Å². The van der Waals surface area contributed by atoms with E-state index in [1.807, 2.05) is 37.3 Å². The van der Waals surface area contributed by atoms with E-state index in [4.69, 9.17) is 9.52 Å². The van der Waals surface area contributed by atoms with Crippen LogP contribution < -0.4 is 0 Å². The smallest absolute Gasteiger partial charge is 0.306 e. The van der Waals surface area contributed by atoms with Crippen LogP contribution in [0.2, 0.25) is 0 Å². The summed E-state index contributed by atoms with van der Waals surface area (Å²) in [6, 6.07) is 9.96. The zero-order valence-corrected chi connectivity index (χ0v) is 12.1. The van der Waals surface area contributed by atoms with Crippen molar-refractivity contribution in [1.29, 1.82) is 0 Å². The van der Waals surface area contributed by atoms with Gasteiger partial charge in [-0.05, 0) is 32.6 Å². The SMILES string of the molecule is Cc1nc(C2CCC(C(=O)O)CC2)oc1-c1ccccc1. The first-order valence-corrected chi connectivity index (χ1v) is 7.40. The van der Waals surface area contributed by atoms with Crippen LogP contribution in [-0.2, 0) is 4.79 Å². The fourth-order valence-electron chi connectivity index (χ4n) is 3.04. The van der Waals surface area contributed by atoms with Gasteiger partial charge in [0.2, 0.25) is 0 Å². The molecule has 1 aromatic heterocycles. The van der Waals surface area contributed by atoms with Crippen LogP contribution in [0.5, 0.6) is 0 Å². The van der Waals surface area contributed by atoms with Gasteiger partial charge in [0.25, 0.3) is 0 Å². The van der Waals surface area contributed by atoms with Crippen LogP contribution in [0.25, 0.3) is 11.3 Å². The first kappa shape index (κ1) is 13.9. The Morgan fingerprint density at radius 2 is 1.86 bits per heavy atom. The molecule has 0 bridgehead atoms. The molecule has 0 amide bonds. The molecular weight excluding hydrogens is 266 g/mol. The maximum atomic E-state index is 11.0. The maximum absolute atomic E-state index is 11.0. The molecule has 0 radical (unpaired) electrons. The van der Waals surface area contributed by atoms with E-state index in [0.29, 0.717) is 12.8 Å². The summed E-state index contributed by atoms with van der Waals surface area (Å²) in [6.45, 7) is 1.96. The van der Waals surface area contributed by atoms with Crippen LogP contribution in [0.4, 0.5) is 0 Å². The van der Waals surface area contributed by atoms with E-state index >= 15 is 0 Å². The van der Waals surface area contributed by atoms with E-state index in [1.165, 1.54) is 0 Å². The summed E-state index contributed by atoms with van der Waals surface area (Å²) in [5.41, 5.74) is 1.93. The summed E-state index contributed by atoms with van der Waals surface area (Å²) >= 11 is 0. The maximum Gasteiger partial charge on any atom is 0.306 e. The molecule has 110 valence electrons. The predicted molar refractivity (Wildman–Crippen MR) is 79.0 cm³/mol. The van der Waals surface area contributed by atoms with Gasteiger partial charge in [-0.1, -0.05) is 30.3 Å².